The fraction of sp³-hybridized carbons (Fsp3) is 0.812. The van der Waals surface area contributed by atoms with Gasteiger partial charge in [-0.25, -0.2) is 4.98 Å². The van der Waals surface area contributed by atoms with E-state index in [1.165, 1.54) is 32.1 Å². The van der Waals surface area contributed by atoms with Gasteiger partial charge in [-0.05, 0) is 38.0 Å². The number of anilines is 1. The van der Waals surface area contributed by atoms with E-state index in [1.807, 2.05) is 0 Å². The molecule has 1 aromatic rings. The minimum atomic E-state index is 0.923. The van der Waals surface area contributed by atoms with E-state index < -0.39 is 0 Å². The third kappa shape index (κ3) is 4.26. The maximum absolute atomic E-state index is 4.58. The van der Waals surface area contributed by atoms with Crippen LogP contribution in [0.1, 0.15) is 58.1 Å². The SMILES string of the molecule is CCCn1cc(C)nc1NCCC1CCCC(C)C1. The third-order valence-corrected chi connectivity index (χ3v) is 4.24. The first kappa shape index (κ1) is 14.4. The molecule has 2 unspecified atom stereocenters. The largest absolute Gasteiger partial charge is 0.356 e. The van der Waals surface area contributed by atoms with Gasteiger partial charge in [-0.1, -0.05) is 33.1 Å². The third-order valence-electron chi connectivity index (χ3n) is 4.24. The normalized spacial score (nSPS) is 23.5. The van der Waals surface area contributed by atoms with Crippen LogP contribution in [0.4, 0.5) is 5.95 Å². The quantitative estimate of drug-likeness (QED) is 0.832. The summed E-state index contributed by atoms with van der Waals surface area (Å²) in [6.45, 7) is 8.81. The van der Waals surface area contributed by atoms with Gasteiger partial charge in [0.2, 0.25) is 5.95 Å². The van der Waals surface area contributed by atoms with Crippen molar-refractivity contribution in [3.63, 3.8) is 0 Å². The predicted molar refractivity (Wildman–Crippen MR) is 81.5 cm³/mol. The van der Waals surface area contributed by atoms with Crippen molar-refractivity contribution in [2.75, 3.05) is 11.9 Å². The number of rotatable bonds is 6. The van der Waals surface area contributed by atoms with Crippen molar-refractivity contribution in [3.05, 3.63) is 11.9 Å². The number of aromatic nitrogens is 2. The summed E-state index contributed by atoms with van der Waals surface area (Å²) < 4.78 is 2.25. The lowest BCUT2D eigenvalue weighted by molar-refractivity contribution is 0.274. The lowest BCUT2D eigenvalue weighted by atomic mass is 9.81. The van der Waals surface area contributed by atoms with Crippen LogP contribution in [0.2, 0.25) is 0 Å². The van der Waals surface area contributed by atoms with Crippen molar-refractivity contribution in [2.24, 2.45) is 11.8 Å². The summed E-state index contributed by atoms with van der Waals surface area (Å²) in [5.41, 5.74) is 1.11. The van der Waals surface area contributed by atoms with Gasteiger partial charge in [0, 0.05) is 19.3 Å². The average molecular weight is 263 g/mol. The van der Waals surface area contributed by atoms with Crippen LogP contribution in [0.25, 0.3) is 0 Å². The summed E-state index contributed by atoms with van der Waals surface area (Å²) in [6, 6.07) is 0. The zero-order valence-corrected chi connectivity index (χ0v) is 12.8. The number of hydrogen-bond acceptors (Lipinski definition) is 2. The molecule has 3 nitrogen and oxygen atoms in total. The van der Waals surface area contributed by atoms with E-state index in [4.69, 9.17) is 0 Å². The lowest BCUT2D eigenvalue weighted by Crippen LogP contribution is -2.17. The van der Waals surface area contributed by atoms with Crippen LogP contribution in [-0.4, -0.2) is 16.1 Å². The van der Waals surface area contributed by atoms with Crippen LogP contribution in [0.5, 0.6) is 0 Å². The van der Waals surface area contributed by atoms with E-state index in [2.05, 4.69) is 41.8 Å². The van der Waals surface area contributed by atoms with Gasteiger partial charge in [-0.3, -0.25) is 0 Å². The van der Waals surface area contributed by atoms with Gasteiger partial charge in [0.1, 0.15) is 0 Å². The molecule has 1 heterocycles. The highest BCUT2D eigenvalue weighted by Crippen LogP contribution is 2.30. The maximum Gasteiger partial charge on any atom is 0.203 e. The lowest BCUT2D eigenvalue weighted by Gasteiger charge is -2.26. The number of nitrogens with one attached hydrogen (secondary N) is 1. The summed E-state index contributed by atoms with van der Waals surface area (Å²) >= 11 is 0. The zero-order valence-electron chi connectivity index (χ0n) is 12.8. The second-order valence-corrected chi connectivity index (χ2v) is 6.25. The van der Waals surface area contributed by atoms with Crippen molar-refractivity contribution < 1.29 is 0 Å². The first-order valence-corrected chi connectivity index (χ1v) is 7.96. The van der Waals surface area contributed by atoms with E-state index >= 15 is 0 Å². The van der Waals surface area contributed by atoms with Gasteiger partial charge >= 0.3 is 0 Å². The number of nitrogens with zero attached hydrogens (tertiary/aromatic N) is 2. The van der Waals surface area contributed by atoms with E-state index in [-0.39, 0.29) is 0 Å². The van der Waals surface area contributed by atoms with Crippen molar-refractivity contribution in [3.8, 4) is 0 Å². The standard InChI is InChI=1S/C16H29N3/c1-4-10-19-12-14(3)18-16(19)17-9-8-15-7-5-6-13(2)11-15/h12-13,15H,4-11H2,1-3H3,(H,17,18). The molecule has 2 rings (SSSR count). The van der Waals surface area contributed by atoms with Crippen LogP contribution >= 0.6 is 0 Å². The maximum atomic E-state index is 4.58. The Bertz CT molecular complexity index is 383. The highest BCUT2D eigenvalue weighted by Gasteiger charge is 2.18. The Morgan fingerprint density at radius 1 is 1.42 bits per heavy atom. The molecule has 0 saturated heterocycles. The molecule has 19 heavy (non-hydrogen) atoms. The zero-order chi connectivity index (χ0) is 13.7. The molecule has 1 aliphatic rings. The van der Waals surface area contributed by atoms with Crippen molar-refractivity contribution >= 4 is 5.95 Å². The minimum absolute atomic E-state index is 0.923. The smallest absolute Gasteiger partial charge is 0.203 e. The summed E-state index contributed by atoms with van der Waals surface area (Å²) in [5.74, 6) is 2.92. The van der Waals surface area contributed by atoms with E-state index in [1.54, 1.807) is 0 Å². The molecule has 1 aliphatic carbocycles. The van der Waals surface area contributed by atoms with Crippen LogP contribution in [0, 0.1) is 18.8 Å². The molecule has 2 atom stereocenters. The molecule has 0 aromatic carbocycles. The molecular weight excluding hydrogens is 234 g/mol. The molecule has 0 spiro atoms. The second-order valence-electron chi connectivity index (χ2n) is 6.25. The molecule has 0 aliphatic heterocycles. The van der Waals surface area contributed by atoms with Gasteiger partial charge < -0.3 is 9.88 Å². The molecule has 1 fully saturated rings. The fourth-order valence-electron chi connectivity index (χ4n) is 3.31. The van der Waals surface area contributed by atoms with Crippen molar-refractivity contribution in [1.82, 2.24) is 9.55 Å². The average Bonchev–Trinajstić information content (AvgIpc) is 2.70. The Kier molecular flexibility index (Phi) is 5.29. The highest BCUT2D eigenvalue weighted by atomic mass is 15.2. The first-order valence-electron chi connectivity index (χ1n) is 7.96. The first-order chi connectivity index (χ1) is 9.19. The summed E-state index contributed by atoms with van der Waals surface area (Å²) in [7, 11) is 0. The van der Waals surface area contributed by atoms with Crippen molar-refractivity contribution in [1.29, 1.82) is 0 Å². The van der Waals surface area contributed by atoms with Crippen LogP contribution in [-0.2, 0) is 6.54 Å². The number of aryl methyl sites for hydroxylation is 2. The van der Waals surface area contributed by atoms with Crippen molar-refractivity contribution in [2.45, 2.75) is 65.8 Å². The summed E-state index contributed by atoms with van der Waals surface area (Å²) in [5, 5.41) is 3.53. The van der Waals surface area contributed by atoms with Gasteiger partial charge in [0.05, 0.1) is 5.69 Å². The Balaban J connectivity index is 1.78. The van der Waals surface area contributed by atoms with Gasteiger partial charge in [-0.15, -0.1) is 0 Å². The molecule has 1 aromatic heterocycles. The predicted octanol–water partition coefficient (Wildman–Crippen LogP) is 4.23. The fourth-order valence-corrected chi connectivity index (χ4v) is 3.31. The summed E-state index contributed by atoms with van der Waals surface area (Å²) in [4.78, 5) is 4.58. The molecule has 1 N–H and O–H groups in total. The van der Waals surface area contributed by atoms with E-state index in [0.29, 0.717) is 0 Å². The monoisotopic (exact) mass is 263 g/mol. The van der Waals surface area contributed by atoms with E-state index in [9.17, 15) is 0 Å². The Hall–Kier alpha value is -0.990. The Morgan fingerprint density at radius 3 is 3.00 bits per heavy atom. The van der Waals surface area contributed by atoms with E-state index in [0.717, 1.165) is 43.0 Å². The molecule has 0 amide bonds. The molecule has 3 heteroatoms. The van der Waals surface area contributed by atoms with Gasteiger partial charge in [0.15, 0.2) is 0 Å². The highest BCUT2D eigenvalue weighted by molar-refractivity contribution is 5.28. The van der Waals surface area contributed by atoms with Gasteiger partial charge in [-0.2, -0.15) is 0 Å². The molecule has 108 valence electrons. The number of hydrogen-bond donors (Lipinski definition) is 1. The molecule has 0 bridgehead atoms. The van der Waals surface area contributed by atoms with Crippen LogP contribution in [0.3, 0.4) is 0 Å². The second kappa shape index (κ2) is 6.97. The molecular formula is C16H29N3. The topological polar surface area (TPSA) is 29.9 Å². The number of imidazole rings is 1. The molecule has 1 saturated carbocycles. The van der Waals surface area contributed by atoms with Crippen LogP contribution < -0.4 is 5.32 Å². The Labute approximate surface area is 117 Å². The Morgan fingerprint density at radius 2 is 2.26 bits per heavy atom. The molecule has 0 radical (unpaired) electrons. The van der Waals surface area contributed by atoms with Gasteiger partial charge in [0.25, 0.3) is 0 Å². The summed E-state index contributed by atoms with van der Waals surface area (Å²) in [6.07, 6.45) is 10.3. The minimum Gasteiger partial charge on any atom is -0.356 e. The van der Waals surface area contributed by atoms with Crippen LogP contribution in [0.15, 0.2) is 6.20 Å².